The highest BCUT2D eigenvalue weighted by atomic mass is 16.5. The lowest BCUT2D eigenvalue weighted by molar-refractivity contribution is 0.0883. The quantitative estimate of drug-likeness (QED) is 0.791. The largest absolute Gasteiger partial charge is 0.379 e. The first-order valence-corrected chi connectivity index (χ1v) is 6.48. The van der Waals surface area contributed by atoms with Crippen LogP contribution in [0, 0.1) is 12.8 Å². The maximum absolute atomic E-state index is 12.5. The van der Waals surface area contributed by atoms with Crippen LogP contribution < -0.4 is 5.32 Å². The molecule has 0 aliphatic carbocycles. The summed E-state index contributed by atoms with van der Waals surface area (Å²) in [6, 6.07) is 0.132. The van der Waals surface area contributed by atoms with E-state index in [1.54, 1.807) is 6.20 Å². The summed E-state index contributed by atoms with van der Waals surface area (Å²) in [6.07, 6.45) is 2.72. The van der Waals surface area contributed by atoms with Gasteiger partial charge in [0.05, 0.1) is 25.3 Å². The van der Waals surface area contributed by atoms with Gasteiger partial charge in [-0.3, -0.25) is 4.79 Å². The summed E-state index contributed by atoms with van der Waals surface area (Å²) >= 11 is 0. The van der Waals surface area contributed by atoms with Crippen LogP contribution in [0.15, 0.2) is 6.20 Å². The van der Waals surface area contributed by atoms with Gasteiger partial charge in [-0.15, -0.1) is 0 Å². The minimum atomic E-state index is -0.0913. The number of ketones is 1. The number of imidazole rings is 1. The van der Waals surface area contributed by atoms with Crippen LogP contribution in [0.25, 0.3) is 0 Å². The topological polar surface area (TPSA) is 56.1 Å². The fraction of sp³-hybridized carbons (Fsp3) is 0.692. The Morgan fingerprint density at radius 2 is 2.39 bits per heavy atom. The van der Waals surface area contributed by atoms with Gasteiger partial charge in [0, 0.05) is 13.1 Å². The van der Waals surface area contributed by atoms with Crippen molar-refractivity contribution >= 4 is 5.78 Å². The molecule has 1 aromatic rings. The molecule has 1 saturated heterocycles. The van der Waals surface area contributed by atoms with Crippen LogP contribution in [0.1, 0.15) is 29.7 Å². The Balaban J connectivity index is 2.10. The van der Waals surface area contributed by atoms with Gasteiger partial charge in [0.15, 0.2) is 5.78 Å². The number of carbonyl (C=O) groups excluding carboxylic acids is 1. The maximum atomic E-state index is 12.5. The summed E-state index contributed by atoms with van der Waals surface area (Å²) in [5, 5.41) is 3.38. The lowest BCUT2D eigenvalue weighted by atomic mass is 9.96. The van der Waals surface area contributed by atoms with E-state index in [1.807, 2.05) is 18.5 Å². The van der Waals surface area contributed by atoms with E-state index in [2.05, 4.69) is 17.2 Å². The van der Waals surface area contributed by atoms with Gasteiger partial charge in [-0.2, -0.15) is 0 Å². The van der Waals surface area contributed by atoms with Crippen LogP contribution in [0.5, 0.6) is 0 Å². The number of rotatable bonds is 5. The van der Waals surface area contributed by atoms with Gasteiger partial charge in [-0.1, -0.05) is 6.92 Å². The summed E-state index contributed by atoms with van der Waals surface area (Å²) < 4.78 is 7.29. The standard InChI is InChI=1S/C13H21N3O2/c1-4-5-14-11-8-18-7-10(11)13(17)12-6-15-9(2)16(12)3/h6,10-11,14H,4-5,7-8H2,1-3H3. The van der Waals surface area contributed by atoms with Gasteiger partial charge in [-0.05, 0) is 19.9 Å². The Hall–Kier alpha value is -1.20. The second-order valence-electron chi connectivity index (χ2n) is 4.82. The van der Waals surface area contributed by atoms with Gasteiger partial charge in [0.1, 0.15) is 11.5 Å². The van der Waals surface area contributed by atoms with E-state index in [1.165, 1.54) is 0 Å². The Labute approximate surface area is 108 Å². The van der Waals surface area contributed by atoms with Crippen LogP contribution in [0.4, 0.5) is 0 Å². The number of Topliss-reactive ketones (excluding diaryl/α,β-unsaturated/α-hetero) is 1. The van der Waals surface area contributed by atoms with Crippen molar-refractivity contribution in [3.8, 4) is 0 Å². The summed E-state index contributed by atoms with van der Waals surface area (Å²) in [5.74, 6) is 0.894. The highest BCUT2D eigenvalue weighted by Crippen LogP contribution is 2.19. The number of nitrogens with one attached hydrogen (secondary N) is 1. The molecule has 2 unspecified atom stereocenters. The van der Waals surface area contributed by atoms with Crippen LogP contribution in [-0.4, -0.2) is 41.1 Å². The van der Waals surface area contributed by atoms with Crippen molar-refractivity contribution in [3.63, 3.8) is 0 Å². The molecule has 18 heavy (non-hydrogen) atoms. The third kappa shape index (κ3) is 2.47. The molecule has 5 nitrogen and oxygen atoms in total. The van der Waals surface area contributed by atoms with Crippen molar-refractivity contribution in [2.45, 2.75) is 26.3 Å². The van der Waals surface area contributed by atoms with Gasteiger partial charge in [-0.25, -0.2) is 4.98 Å². The second-order valence-corrected chi connectivity index (χ2v) is 4.82. The molecule has 100 valence electrons. The van der Waals surface area contributed by atoms with E-state index in [-0.39, 0.29) is 17.7 Å². The van der Waals surface area contributed by atoms with Gasteiger partial charge >= 0.3 is 0 Å². The third-order valence-electron chi connectivity index (χ3n) is 3.55. The van der Waals surface area contributed by atoms with E-state index in [0.717, 1.165) is 18.8 Å². The molecule has 1 fully saturated rings. The number of aromatic nitrogens is 2. The fourth-order valence-corrected chi connectivity index (χ4v) is 2.26. The molecule has 0 saturated carbocycles. The Kier molecular flexibility index (Phi) is 4.14. The zero-order valence-corrected chi connectivity index (χ0v) is 11.3. The van der Waals surface area contributed by atoms with Gasteiger partial charge in [0.25, 0.3) is 0 Å². The van der Waals surface area contributed by atoms with Crippen LogP contribution in [-0.2, 0) is 11.8 Å². The summed E-state index contributed by atoms with van der Waals surface area (Å²) in [5.41, 5.74) is 0.672. The molecular weight excluding hydrogens is 230 g/mol. The summed E-state index contributed by atoms with van der Waals surface area (Å²) in [6.45, 7) is 6.05. The zero-order valence-electron chi connectivity index (χ0n) is 11.3. The number of hydrogen-bond donors (Lipinski definition) is 1. The minimum Gasteiger partial charge on any atom is -0.379 e. The maximum Gasteiger partial charge on any atom is 0.187 e. The molecule has 0 amide bonds. The molecule has 0 spiro atoms. The SMILES string of the molecule is CCCNC1COCC1C(=O)c1cnc(C)n1C. The number of hydrogen-bond acceptors (Lipinski definition) is 4. The average molecular weight is 251 g/mol. The van der Waals surface area contributed by atoms with E-state index >= 15 is 0 Å². The van der Waals surface area contributed by atoms with Crippen LogP contribution >= 0.6 is 0 Å². The first kappa shape index (κ1) is 13.2. The third-order valence-corrected chi connectivity index (χ3v) is 3.55. The summed E-state index contributed by atoms with van der Waals surface area (Å²) in [7, 11) is 1.87. The molecule has 0 radical (unpaired) electrons. The molecule has 2 rings (SSSR count). The molecule has 1 aromatic heterocycles. The van der Waals surface area contributed by atoms with Crippen LogP contribution in [0.2, 0.25) is 0 Å². The second kappa shape index (κ2) is 5.63. The molecular formula is C13H21N3O2. The number of nitrogens with zero attached hydrogens (tertiary/aromatic N) is 2. The number of carbonyl (C=O) groups is 1. The fourth-order valence-electron chi connectivity index (χ4n) is 2.26. The van der Waals surface area contributed by atoms with Gasteiger partial charge < -0.3 is 14.6 Å². The van der Waals surface area contributed by atoms with E-state index < -0.39 is 0 Å². The highest BCUT2D eigenvalue weighted by molar-refractivity contribution is 5.97. The van der Waals surface area contributed by atoms with E-state index in [9.17, 15) is 4.79 Å². The monoisotopic (exact) mass is 251 g/mol. The molecule has 5 heteroatoms. The van der Waals surface area contributed by atoms with Crippen LogP contribution in [0.3, 0.4) is 0 Å². The molecule has 1 N–H and O–H groups in total. The Morgan fingerprint density at radius 3 is 3.00 bits per heavy atom. The van der Waals surface area contributed by atoms with Gasteiger partial charge in [0.2, 0.25) is 0 Å². The Bertz CT molecular complexity index is 428. The predicted molar refractivity (Wildman–Crippen MR) is 68.7 cm³/mol. The van der Waals surface area contributed by atoms with Crippen molar-refractivity contribution in [1.82, 2.24) is 14.9 Å². The minimum absolute atomic E-state index is 0.0913. The normalized spacial score (nSPS) is 23.5. The number of ether oxygens (including phenoxy) is 1. The molecule has 2 heterocycles. The lowest BCUT2D eigenvalue weighted by Crippen LogP contribution is -2.40. The molecule has 0 aromatic carbocycles. The molecule has 2 atom stereocenters. The molecule has 1 aliphatic heterocycles. The predicted octanol–water partition coefficient (Wildman–Crippen LogP) is 0.926. The average Bonchev–Trinajstić information content (AvgIpc) is 2.95. The van der Waals surface area contributed by atoms with Crippen molar-refractivity contribution < 1.29 is 9.53 Å². The smallest absolute Gasteiger partial charge is 0.187 e. The van der Waals surface area contributed by atoms with E-state index in [0.29, 0.717) is 18.9 Å². The van der Waals surface area contributed by atoms with E-state index in [4.69, 9.17) is 4.74 Å². The first-order valence-electron chi connectivity index (χ1n) is 6.48. The van der Waals surface area contributed by atoms with Crippen molar-refractivity contribution in [2.75, 3.05) is 19.8 Å². The Morgan fingerprint density at radius 1 is 1.61 bits per heavy atom. The summed E-state index contributed by atoms with van der Waals surface area (Å²) in [4.78, 5) is 16.7. The lowest BCUT2D eigenvalue weighted by Gasteiger charge is -2.17. The molecule has 1 aliphatic rings. The van der Waals surface area contributed by atoms with Crippen molar-refractivity contribution in [3.05, 3.63) is 17.7 Å². The van der Waals surface area contributed by atoms with Crippen molar-refractivity contribution in [2.24, 2.45) is 13.0 Å². The highest BCUT2D eigenvalue weighted by Gasteiger charge is 2.35. The van der Waals surface area contributed by atoms with Crippen molar-refractivity contribution in [1.29, 1.82) is 0 Å². The number of aryl methyl sites for hydroxylation is 1. The zero-order chi connectivity index (χ0) is 13.1. The molecule has 0 bridgehead atoms. The first-order chi connectivity index (χ1) is 8.65.